The molecule has 0 heterocycles. The van der Waals surface area contributed by atoms with Crippen molar-refractivity contribution >= 4 is 6.21 Å². The van der Waals surface area contributed by atoms with Crippen molar-refractivity contribution in [2.75, 3.05) is 14.2 Å². The molecule has 0 amide bonds. The second kappa shape index (κ2) is 4.37. The van der Waals surface area contributed by atoms with Gasteiger partial charge < -0.3 is 4.74 Å². The van der Waals surface area contributed by atoms with Gasteiger partial charge >= 0.3 is 0 Å². The molecule has 0 saturated carbocycles. The van der Waals surface area contributed by atoms with Crippen LogP contribution in [0.3, 0.4) is 0 Å². The summed E-state index contributed by atoms with van der Waals surface area (Å²) >= 11 is 0. The molecule has 0 aromatic heterocycles. The molecule has 0 N–H and O–H groups in total. The van der Waals surface area contributed by atoms with E-state index in [1.807, 2.05) is 6.92 Å². The minimum atomic E-state index is 0.871. The van der Waals surface area contributed by atoms with Gasteiger partial charge in [0.1, 0.15) is 0 Å². The molecular weight excluding hydrogens is 102 g/mol. The van der Waals surface area contributed by atoms with Crippen LogP contribution in [0.2, 0.25) is 0 Å². The van der Waals surface area contributed by atoms with Crippen LogP contribution in [0.5, 0.6) is 0 Å². The maximum atomic E-state index is 4.82. The summed E-state index contributed by atoms with van der Waals surface area (Å²) < 4.78 is 4.82. The van der Waals surface area contributed by atoms with Gasteiger partial charge in [-0.3, -0.25) is 4.99 Å². The quantitative estimate of drug-likeness (QED) is 0.390. The Morgan fingerprint density at radius 1 is 1.62 bits per heavy atom. The van der Waals surface area contributed by atoms with Gasteiger partial charge in [0, 0.05) is 13.3 Å². The molecule has 0 unspecified atom stereocenters. The zero-order valence-corrected chi connectivity index (χ0v) is 5.51. The van der Waals surface area contributed by atoms with Crippen LogP contribution in [0.25, 0.3) is 0 Å². The van der Waals surface area contributed by atoms with Crippen LogP contribution in [0.15, 0.2) is 16.8 Å². The van der Waals surface area contributed by atoms with Crippen LogP contribution in [0, 0.1) is 0 Å². The average Bonchev–Trinajstić information content (AvgIpc) is 1.83. The van der Waals surface area contributed by atoms with Crippen molar-refractivity contribution in [3.05, 3.63) is 11.8 Å². The van der Waals surface area contributed by atoms with Crippen LogP contribution in [0.4, 0.5) is 0 Å². The van der Waals surface area contributed by atoms with Crippen LogP contribution in [0.1, 0.15) is 6.92 Å². The van der Waals surface area contributed by atoms with Gasteiger partial charge in [0.2, 0.25) is 0 Å². The number of ether oxygens (including phenoxy) is 1. The average molecular weight is 113 g/mol. The zero-order chi connectivity index (χ0) is 6.41. The molecule has 0 fully saturated rings. The van der Waals surface area contributed by atoms with E-state index in [9.17, 15) is 0 Å². The maximum Gasteiger partial charge on any atom is 0.0939 e. The molecule has 0 spiro atoms. The highest BCUT2D eigenvalue weighted by Crippen LogP contribution is 1.87. The van der Waals surface area contributed by atoms with Crippen molar-refractivity contribution in [1.29, 1.82) is 0 Å². The van der Waals surface area contributed by atoms with E-state index in [-0.39, 0.29) is 0 Å². The largest absolute Gasteiger partial charge is 0.501 e. The molecule has 0 saturated heterocycles. The summed E-state index contributed by atoms with van der Waals surface area (Å²) in [6.07, 6.45) is 3.50. The second-order valence-electron chi connectivity index (χ2n) is 1.39. The summed E-state index contributed by atoms with van der Waals surface area (Å²) in [5.41, 5.74) is 0. The fourth-order valence-corrected chi connectivity index (χ4v) is 0.248. The maximum absolute atomic E-state index is 4.82. The van der Waals surface area contributed by atoms with Crippen LogP contribution < -0.4 is 0 Å². The van der Waals surface area contributed by atoms with Crippen LogP contribution >= 0.6 is 0 Å². The molecule has 0 aromatic rings. The lowest BCUT2D eigenvalue weighted by molar-refractivity contribution is 0.294. The lowest BCUT2D eigenvalue weighted by atomic mass is 10.5. The lowest BCUT2D eigenvalue weighted by Gasteiger charge is -1.92. The van der Waals surface area contributed by atoms with Crippen molar-refractivity contribution in [3.63, 3.8) is 0 Å². The number of methoxy groups -OCH3 is 1. The Hall–Kier alpha value is -0.790. The third-order valence-electron chi connectivity index (χ3n) is 0.780. The molecule has 46 valence electrons. The predicted molar refractivity (Wildman–Crippen MR) is 35.2 cm³/mol. The Morgan fingerprint density at radius 2 is 2.25 bits per heavy atom. The second-order valence-corrected chi connectivity index (χ2v) is 1.39. The first-order chi connectivity index (χ1) is 3.81. The number of hydrogen-bond acceptors (Lipinski definition) is 2. The van der Waals surface area contributed by atoms with E-state index in [4.69, 9.17) is 4.74 Å². The minimum Gasteiger partial charge on any atom is -0.501 e. The summed E-state index contributed by atoms with van der Waals surface area (Å²) in [7, 11) is 3.36. The SMILES string of the molecule is C/N=C\C=C(\C)OC. The number of hydrogen-bond donors (Lipinski definition) is 0. The van der Waals surface area contributed by atoms with Crippen molar-refractivity contribution < 1.29 is 4.74 Å². The first-order valence-electron chi connectivity index (χ1n) is 2.44. The van der Waals surface area contributed by atoms with Gasteiger partial charge in [0.05, 0.1) is 12.9 Å². The monoisotopic (exact) mass is 113 g/mol. The predicted octanol–water partition coefficient (Wildman–Crippen LogP) is 1.24. The number of rotatable bonds is 2. The molecule has 0 aliphatic heterocycles. The highest BCUT2D eigenvalue weighted by Gasteiger charge is 1.75. The standard InChI is InChI=1S/C6H11NO/c1-6(8-3)4-5-7-2/h4-5H,1-3H3/b6-4-,7-5-. The Bertz CT molecular complexity index is 105. The van der Waals surface area contributed by atoms with Crippen molar-refractivity contribution in [1.82, 2.24) is 0 Å². The van der Waals surface area contributed by atoms with Crippen molar-refractivity contribution in [2.24, 2.45) is 4.99 Å². The smallest absolute Gasteiger partial charge is 0.0939 e. The molecule has 0 rings (SSSR count). The molecule has 0 aromatic carbocycles. The Kier molecular flexibility index (Phi) is 3.94. The van der Waals surface area contributed by atoms with E-state index in [1.54, 1.807) is 26.4 Å². The highest BCUT2D eigenvalue weighted by molar-refractivity contribution is 5.71. The molecule has 8 heavy (non-hydrogen) atoms. The fourth-order valence-electron chi connectivity index (χ4n) is 0.248. The molecule has 2 nitrogen and oxygen atoms in total. The third-order valence-corrected chi connectivity index (χ3v) is 0.780. The molecule has 0 atom stereocenters. The van der Waals surface area contributed by atoms with Gasteiger partial charge in [-0.25, -0.2) is 0 Å². The fraction of sp³-hybridized carbons (Fsp3) is 0.500. The molecule has 0 aliphatic carbocycles. The zero-order valence-electron chi connectivity index (χ0n) is 5.51. The first-order valence-corrected chi connectivity index (χ1v) is 2.44. The number of allylic oxidation sites excluding steroid dienone is 2. The Labute approximate surface area is 49.9 Å². The van der Waals surface area contributed by atoms with Crippen LogP contribution in [-0.4, -0.2) is 20.4 Å². The molecule has 0 radical (unpaired) electrons. The van der Waals surface area contributed by atoms with E-state index in [2.05, 4.69) is 4.99 Å². The lowest BCUT2D eigenvalue weighted by Crippen LogP contribution is -1.78. The van der Waals surface area contributed by atoms with Crippen LogP contribution in [-0.2, 0) is 4.74 Å². The summed E-state index contributed by atoms with van der Waals surface area (Å²) in [5, 5.41) is 0. The van der Waals surface area contributed by atoms with Gasteiger partial charge in [-0.05, 0) is 13.0 Å². The van der Waals surface area contributed by atoms with Gasteiger partial charge in [-0.2, -0.15) is 0 Å². The Morgan fingerprint density at radius 3 is 2.62 bits per heavy atom. The topological polar surface area (TPSA) is 21.6 Å². The first kappa shape index (κ1) is 7.21. The summed E-state index contributed by atoms with van der Waals surface area (Å²) in [5.74, 6) is 0.871. The van der Waals surface area contributed by atoms with Crippen molar-refractivity contribution in [2.45, 2.75) is 6.92 Å². The summed E-state index contributed by atoms with van der Waals surface area (Å²) in [6.45, 7) is 1.88. The van der Waals surface area contributed by atoms with Gasteiger partial charge in [-0.15, -0.1) is 0 Å². The van der Waals surface area contributed by atoms with E-state index in [0.29, 0.717) is 0 Å². The minimum absolute atomic E-state index is 0.871. The number of aliphatic imine (C=N–C) groups is 1. The highest BCUT2D eigenvalue weighted by atomic mass is 16.5. The summed E-state index contributed by atoms with van der Waals surface area (Å²) in [6, 6.07) is 0. The molecule has 0 bridgehead atoms. The van der Waals surface area contributed by atoms with E-state index in [0.717, 1.165) is 5.76 Å². The number of nitrogens with zero attached hydrogens (tertiary/aromatic N) is 1. The Balaban J connectivity index is 3.57. The van der Waals surface area contributed by atoms with Crippen molar-refractivity contribution in [3.8, 4) is 0 Å². The van der Waals surface area contributed by atoms with E-state index < -0.39 is 0 Å². The molecule has 0 aliphatic rings. The normalized spacial score (nSPS) is 12.6. The summed E-state index contributed by atoms with van der Waals surface area (Å²) in [4.78, 5) is 3.74. The van der Waals surface area contributed by atoms with Gasteiger partial charge in [0.25, 0.3) is 0 Å². The third kappa shape index (κ3) is 3.40. The van der Waals surface area contributed by atoms with Gasteiger partial charge in [0.15, 0.2) is 0 Å². The molecule has 2 heteroatoms. The molecular formula is C6H11NO. The van der Waals surface area contributed by atoms with E-state index in [1.165, 1.54) is 0 Å². The van der Waals surface area contributed by atoms with Gasteiger partial charge in [-0.1, -0.05) is 0 Å². The van der Waals surface area contributed by atoms with E-state index >= 15 is 0 Å².